The fourth-order valence-electron chi connectivity index (χ4n) is 2.67. The number of amides is 1. The molecule has 1 N–H and O–H groups in total. The predicted octanol–water partition coefficient (Wildman–Crippen LogP) is 4.69. The lowest BCUT2D eigenvalue weighted by Crippen LogP contribution is -2.38. The van der Waals surface area contributed by atoms with E-state index in [4.69, 9.17) is 0 Å². The van der Waals surface area contributed by atoms with Crippen molar-refractivity contribution >= 4 is 28.2 Å². The van der Waals surface area contributed by atoms with Crippen molar-refractivity contribution in [2.45, 2.75) is 13.8 Å². The van der Waals surface area contributed by atoms with Crippen LogP contribution in [0.2, 0.25) is 0 Å². The molecule has 3 nitrogen and oxygen atoms in total. The Morgan fingerprint density at radius 3 is 2.17 bits per heavy atom. The van der Waals surface area contributed by atoms with Crippen molar-refractivity contribution < 1.29 is 9.59 Å². The van der Waals surface area contributed by atoms with Crippen LogP contribution in [0.15, 0.2) is 72.8 Å². The number of hydrogen-bond acceptors (Lipinski definition) is 2. The topological polar surface area (TPSA) is 46.2 Å². The lowest BCUT2D eigenvalue weighted by Gasteiger charge is -2.22. The van der Waals surface area contributed by atoms with Crippen LogP contribution >= 0.6 is 0 Å². The SMILES string of the molecule is CC(C)(C(=O)Nc1cccc2ccccc12)C(=O)c1ccccc1. The largest absolute Gasteiger partial charge is 0.325 e. The summed E-state index contributed by atoms with van der Waals surface area (Å²) in [7, 11) is 0. The molecule has 0 saturated carbocycles. The number of fused-ring (bicyclic) bond motifs is 1. The summed E-state index contributed by atoms with van der Waals surface area (Å²) >= 11 is 0. The van der Waals surface area contributed by atoms with Crippen LogP contribution in [0.1, 0.15) is 24.2 Å². The molecule has 0 atom stereocenters. The van der Waals surface area contributed by atoms with Crippen molar-refractivity contribution in [2.24, 2.45) is 5.41 Å². The molecule has 0 heterocycles. The van der Waals surface area contributed by atoms with Gasteiger partial charge in [-0.05, 0) is 25.3 Å². The van der Waals surface area contributed by atoms with E-state index in [1.807, 2.05) is 48.5 Å². The third-order valence-electron chi connectivity index (χ3n) is 4.21. The molecule has 0 fully saturated rings. The highest BCUT2D eigenvalue weighted by Gasteiger charge is 2.36. The Labute approximate surface area is 141 Å². The molecule has 0 spiro atoms. The van der Waals surface area contributed by atoms with E-state index in [2.05, 4.69) is 5.32 Å². The van der Waals surface area contributed by atoms with Gasteiger partial charge in [-0.15, -0.1) is 0 Å². The molecule has 3 rings (SSSR count). The molecule has 120 valence electrons. The third kappa shape index (κ3) is 2.93. The average Bonchev–Trinajstić information content (AvgIpc) is 2.62. The first-order chi connectivity index (χ1) is 11.5. The second kappa shape index (κ2) is 6.28. The molecule has 0 aliphatic carbocycles. The molecule has 0 aromatic heterocycles. The van der Waals surface area contributed by atoms with Crippen LogP contribution in [-0.2, 0) is 4.79 Å². The lowest BCUT2D eigenvalue weighted by molar-refractivity contribution is -0.121. The van der Waals surface area contributed by atoms with Gasteiger partial charge in [0.05, 0.1) is 0 Å². The highest BCUT2D eigenvalue weighted by molar-refractivity contribution is 6.18. The molecule has 1 amide bonds. The van der Waals surface area contributed by atoms with Gasteiger partial charge in [-0.25, -0.2) is 0 Å². The first-order valence-corrected chi connectivity index (χ1v) is 7.89. The van der Waals surface area contributed by atoms with Crippen molar-refractivity contribution in [3.63, 3.8) is 0 Å². The maximum Gasteiger partial charge on any atom is 0.237 e. The molecule has 3 aromatic carbocycles. The molecule has 0 bridgehead atoms. The maximum atomic E-state index is 12.8. The monoisotopic (exact) mass is 317 g/mol. The fraction of sp³-hybridized carbons (Fsp3) is 0.143. The van der Waals surface area contributed by atoms with Gasteiger partial charge in [0, 0.05) is 16.6 Å². The summed E-state index contributed by atoms with van der Waals surface area (Å²) in [6, 6.07) is 22.5. The van der Waals surface area contributed by atoms with E-state index < -0.39 is 5.41 Å². The van der Waals surface area contributed by atoms with Gasteiger partial charge in [0.25, 0.3) is 0 Å². The molecule has 0 saturated heterocycles. The molecule has 3 aromatic rings. The molecule has 0 aliphatic heterocycles. The number of hydrogen-bond donors (Lipinski definition) is 1. The number of nitrogens with one attached hydrogen (secondary N) is 1. The average molecular weight is 317 g/mol. The van der Waals surface area contributed by atoms with Gasteiger partial charge in [0.2, 0.25) is 5.91 Å². The standard InChI is InChI=1S/C21H19NO2/c1-21(2,19(23)16-10-4-3-5-11-16)20(24)22-18-14-8-12-15-9-6-7-13-17(15)18/h3-14H,1-2H3,(H,22,24). The minimum atomic E-state index is -1.15. The minimum Gasteiger partial charge on any atom is -0.325 e. The Balaban J connectivity index is 1.89. The number of Topliss-reactive ketones (excluding diaryl/α,β-unsaturated/α-hetero) is 1. The van der Waals surface area contributed by atoms with Gasteiger partial charge in [0.1, 0.15) is 5.41 Å². The normalized spacial score (nSPS) is 11.2. The Morgan fingerprint density at radius 1 is 0.792 bits per heavy atom. The zero-order valence-electron chi connectivity index (χ0n) is 13.7. The molecular formula is C21H19NO2. The number of benzene rings is 3. The fourth-order valence-corrected chi connectivity index (χ4v) is 2.67. The van der Waals surface area contributed by atoms with Crippen molar-refractivity contribution in [3.8, 4) is 0 Å². The summed E-state index contributed by atoms with van der Waals surface area (Å²) in [5.74, 6) is -0.506. The van der Waals surface area contributed by atoms with Gasteiger partial charge in [-0.3, -0.25) is 9.59 Å². The summed E-state index contributed by atoms with van der Waals surface area (Å²) in [6.45, 7) is 3.31. The summed E-state index contributed by atoms with van der Waals surface area (Å²) in [5.41, 5.74) is 0.0979. The van der Waals surface area contributed by atoms with Crippen LogP contribution in [0.25, 0.3) is 10.8 Å². The van der Waals surface area contributed by atoms with E-state index in [1.54, 1.807) is 38.1 Å². The first-order valence-electron chi connectivity index (χ1n) is 7.89. The summed E-state index contributed by atoms with van der Waals surface area (Å²) in [4.78, 5) is 25.5. The van der Waals surface area contributed by atoms with Gasteiger partial charge in [0.15, 0.2) is 5.78 Å². The lowest BCUT2D eigenvalue weighted by atomic mass is 9.83. The third-order valence-corrected chi connectivity index (χ3v) is 4.21. The van der Waals surface area contributed by atoms with Crippen LogP contribution in [0.5, 0.6) is 0 Å². The number of rotatable bonds is 4. The summed E-state index contributed by atoms with van der Waals surface area (Å²) in [6.07, 6.45) is 0. The second-order valence-corrected chi connectivity index (χ2v) is 6.30. The van der Waals surface area contributed by atoms with Crippen LogP contribution in [0.4, 0.5) is 5.69 Å². The summed E-state index contributed by atoms with van der Waals surface area (Å²) in [5, 5.41) is 4.91. The van der Waals surface area contributed by atoms with Crippen LogP contribution < -0.4 is 5.32 Å². The smallest absolute Gasteiger partial charge is 0.237 e. The van der Waals surface area contributed by atoms with E-state index >= 15 is 0 Å². The molecule has 0 radical (unpaired) electrons. The van der Waals surface area contributed by atoms with Gasteiger partial charge < -0.3 is 5.32 Å². The summed E-state index contributed by atoms with van der Waals surface area (Å²) < 4.78 is 0. The molecular weight excluding hydrogens is 298 g/mol. The van der Waals surface area contributed by atoms with E-state index in [1.165, 1.54) is 0 Å². The van der Waals surface area contributed by atoms with E-state index in [9.17, 15) is 9.59 Å². The Kier molecular flexibility index (Phi) is 4.17. The zero-order valence-corrected chi connectivity index (χ0v) is 13.7. The zero-order chi connectivity index (χ0) is 17.2. The minimum absolute atomic E-state index is 0.194. The Bertz CT molecular complexity index is 893. The number of anilines is 1. The van der Waals surface area contributed by atoms with Crippen molar-refractivity contribution in [2.75, 3.05) is 5.32 Å². The van der Waals surface area contributed by atoms with Gasteiger partial charge in [-0.2, -0.15) is 0 Å². The maximum absolute atomic E-state index is 12.8. The highest BCUT2D eigenvalue weighted by Crippen LogP contribution is 2.27. The molecule has 24 heavy (non-hydrogen) atoms. The van der Waals surface area contributed by atoms with Crippen molar-refractivity contribution in [1.82, 2.24) is 0 Å². The van der Waals surface area contributed by atoms with E-state index in [0.29, 0.717) is 11.3 Å². The molecule has 3 heteroatoms. The van der Waals surface area contributed by atoms with Gasteiger partial charge in [-0.1, -0.05) is 66.7 Å². The Morgan fingerprint density at radius 2 is 1.42 bits per heavy atom. The van der Waals surface area contributed by atoms with Crippen molar-refractivity contribution in [1.29, 1.82) is 0 Å². The van der Waals surface area contributed by atoms with Gasteiger partial charge >= 0.3 is 0 Å². The number of carbonyl (C=O) groups excluding carboxylic acids is 2. The predicted molar refractivity (Wildman–Crippen MR) is 97.1 cm³/mol. The van der Waals surface area contributed by atoms with Crippen LogP contribution in [0, 0.1) is 5.41 Å². The van der Waals surface area contributed by atoms with Crippen LogP contribution in [-0.4, -0.2) is 11.7 Å². The van der Waals surface area contributed by atoms with Crippen LogP contribution in [0.3, 0.4) is 0 Å². The number of carbonyl (C=O) groups is 2. The number of ketones is 1. The highest BCUT2D eigenvalue weighted by atomic mass is 16.2. The first kappa shape index (κ1) is 15.9. The Hall–Kier alpha value is -2.94. The quantitative estimate of drug-likeness (QED) is 0.560. The van der Waals surface area contributed by atoms with Crippen molar-refractivity contribution in [3.05, 3.63) is 78.4 Å². The molecule has 0 unspecified atom stereocenters. The van der Waals surface area contributed by atoms with E-state index in [-0.39, 0.29) is 11.7 Å². The second-order valence-electron chi connectivity index (χ2n) is 6.30. The van der Waals surface area contributed by atoms with E-state index in [0.717, 1.165) is 10.8 Å². The molecule has 0 aliphatic rings.